The summed E-state index contributed by atoms with van der Waals surface area (Å²) in [7, 11) is 0. The molecule has 0 aliphatic rings. The fraction of sp³-hybridized carbons (Fsp3) is 0.600. The summed E-state index contributed by atoms with van der Waals surface area (Å²) in [6, 6.07) is 8.69. The Kier molecular flexibility index (Phi) is 6.61. The van der Waals surface area contributed by atoms with E-state index in [0.717, 1.165) is 17.5 Å². The van der Waals surface area contributed by atoms with E-state index < -0.39 is 0 Å². The van der Waals surface area contributed by atoms with Gasteiger partial charge in [0.2, 0.25) is 0 Å². The molecule has 0 heterocycles. The van der Waals surface area contributed by atoms with Gasteiger partial charge >= 0.3 is 0 Å². The molecule has 0 saturated heterocycles. The topological polar surface area (TPSA) is 12.0 Å². The van der Waals surface area contributed by atoms with Crippen molar-refractivity contribution in [1.29, 1.82) is 0 Å². The van der Waals surface area contributed by atoms with Crippen molar-refractivity contribution in [3.05, 3.63) is 34.9 Å². The minimum absolute atomic E-state index is 0.615. The molecule has 2 heteroatoms. The van der Waals surface area contributed by atoms with Crippen LogP contribution in [0.4, 0.5) is 0 Å². The minimum Gasteiger partial charge on any atom is -0.310 e. The largest absolute Gasteiger partial charge is 0.310 e. The van der Waals surface area contributed by atoms with Crippen LogP contribution in [0.3, 0.4) is 0 Å². The number of hydrogen-bond acceptors (Lipinski definition) is 1. The van der Waals surface area contributed by atoms with Crippen molar-refractivity contribution in [2.45, 2.75) is 52.6 Å². The molecule has 0 aliphatic heterocycles. The third-order valence-electron chi connectivity index (χ3n) is 3.36. The van der Waals surface area contributed by atoms with Crippen molar-refractivity contribution < 1.29 is 0 Å². The van der Waals surface area contributed by atoms with Gasteiger partial charge in [-0.3, -0.25) is 0 Å². The molecule has 0 fully saturated rings. The highest BCUT2D eigenvalue weighted by atomic mass is 35.5. The van der Waals surface area contributed by atoms with Crippen molar-refractivity contribution in [2.24, 2.45) is 5.92 Å². The Balaban J connectivity index is 2.42. The lowest BCUT2D eigenvalue weighted by atomic mass is 9.97. The van der Waals surface area contributed by atoms with Gasteiger partial charge in [-0.15, -0.1) is 0 Å². The van der Waals surface area contributed by atoms with E-state index in [0.29, 0.717) is 6.04 Å². The third kappa shape index (κ3) is 5.56. The smallest absolute Gasteiger partial charge is 0.0409 e. The van der Waals surface area contributed by atoms with E-state index in [2.05, 4.69) is 32.2 Å². The molecular formula is C15H24ClN. The second kappa shape index (κ2) is 7.73. The predicted molar refractivity (Wildman–Crippen MR) is 76.4 cm³/mol. The zero-order valence-electron chi connectivity index (χ0n) is 11.2. The molecule has 0 aromatic heterocycles. The maximum atomic E-state index is 5.97. The Bertz CT molecular complexity index is 324. The standard InChI is InChI=1S/C15H24ClN/c1-4-12(3)9-15(5-2)17-11-13-7-6-8-14(16)10-13/h6-8,10,12,15,17H,4-5,9,11H2,1-3H3. The summed E-state index contributed by atoms with van der Waals surface area (Å²) in [4.78, 5) is 0. The number of benzene rings is 1. The van der Waals surface area contributed by atoms with E-state index in [1.165, 1.54) is 24.8 Å². The van der Waals surface area contributed by atoms with Crippen molar-refractivity contribution in [3.63, 3.8) is 0 Å². The van der Waals surface area contributed by atoms with Crippen molar-refractivity contribution in [3.8, 4) is 0 Å². The second-order valence-corrected chi connectivity index (χ2v) is 5.30. The van der Waals surface area contributed by atoms with Crippen LogP contribution in [0.5, 0.6) is 0 Å². The molecule has 17 heavy (non-hydrogen) atoms. The van der Waals surface area contributed by atoms with Crippen LogP contribution in [0.1, 0.15) is 45.6 Å². The summed E-state index contributed by atoms with van der Waals surface area (Å²) in [5, 5.41) is 4.44. The Morgan fingerprint density at radius 3 is 2.59 bits per heavy atom. The monoisotopic (exact) mass is 253 g/mol. The van der Waals surface area contributed by atoms with Crippen molar-refractivity contribution in [1.82, 2.24) is 5.32 Å². The fourth-order valence-electron chi connectivity index (χ4n) is 1.96. The first-order valence-corrected chi connectivity index (χ1v) is 7.01. The molecule has 0 aliphatic carbocycles. The molecule has 1 N–H and O–H groups in total. The average Bonchev–Trinajstić information content (AvgIpc) is 2.34. The molecule has 2 atom stereocenters. The van der Waals surface area contributed by atoms with Gasteiger partial charge in [0.1, 0.15) is 0 Å². The van der Waals surface area contributed by atoms with Crippen LogP contribution < -0.4 is 5.32 Å². The molecule has 96 valence electrons. The zero-order valence-corrected chi connectivity index (χ0v) is 11.9. The van der Waals surface area contributed by atoms with Gasteiger partial charge in [-0.05, 0) is 36.5 Å². The first kappa shape index (κ1) is 14.5. The molecule has 0 amide bonds. The third-order valence-corrected chi connectivity index (χ3v) is 3.60. The molecule has 0 bridgehead atoms. The SMILES string of the molecule is CCC(C)CC(CC)NCc1cccc(Cl)c1. The summed E-state index contributed by atoms with van der Waals surface area (Å²) in [6.07, 6.45) is 3.70. The van der Waals surface area contributed by atoms with E-state index >= 15 is 0 Å². The quantitative estimate of drug-likeness (QED) is 0.746. The lowest BCUT2D eigenvalue weighted by Crippen LogP contribution is -2.29. The predicted octanol–water partition coefficient (Wildman–Crippen LogP) is 4.64. The van der Waals surface area contributed by atoms with Gasteiger partial charge < -0.3 is 5.32 Å². The van der Waals surface area contributed by atoms with Gasteiger partial charge in [0.25, 0.3) is 0 Å². The Labute approximate surface area is 111 Å². The molecule has 1 nitrogen and oxygen atoms in total. The van der Waals surface area contributed by atoms with Crippen LogP contribution in [0, 0.1) is 5.92 Å². The molecular weight excluding hydrogens is 230 g/mol. The Morgan fingerprint density at radius 2 is 2.00 bits per heavy atom. The van der Waals surface area contributed by atoms with Gasteiger partial charge in [-0.25, -0.2) is 0 Å². The first-order valence-electron chi connectivity index (χ1n) is 6.63. The molecule has 1 aromatic carbocycles. The van der Waals surface area contributed by atoms with Crippen LogP contribution in [0.15, 0.2) is 24.3 Å². The summed E-state index contributed by atoms with van der Waals surface area (Å²) < 4.78 is 0. The number of rotatable bonds is 7. The normalized spacial score (nSPS) is 14.6. The highest BCUT2D eigenvalue weighted by Gasteiger charge is 2.09. The minimum atomic E-state index is 0.615. The summed E-state index contributed by atoms with van der Waals surface area (Å²) >= 11 is 5.97. The fourth-order valence-corrected chi connectivity index (χ4v) is 2.17. The van der Waals surface area contributed by atoms with Gasteiger partial charge in [0, 0.05) is 17.6 Å². The Hall–Kier alpha value is -0.530. The first-order chi connectivity index (χ1) is 8.15. The van der Waals surface area contributed by atoms with Gasteiger partial charge in [-0.1, -0.05) is 50.9 Å². The molecule has 2 unspecified atom stereocenters. The molecule has 0 saturated carbocycles. The highest BCUT2D eigenvalue weighted by Crippen LogP contribution is 2.14. The molecule has 1 aromatic rings. The van der Waals surface area contributed by atoms with Crippen LogP contribution in [-0.2, 0) is 6.54 Å². The molecule has 0 radical (unpaired) electrons. The summed E-state index contributed by atoms with van der Waals surface area (Å²) in [6.45, 7) is 7.74. The van der Waals surface area contributed by atoms with Crippen LogP contribution >= 0.6 is 11.6 Å². The number of halogens is 1. The lowest BCUT2D eigenvalue weighted by molar-refractivity contribution is 0.384. The Morgan fingerprint density at radius 1 is 1.24 bits per heavy atom. The van der Waals surface area contributed by atoms with E-state index in [4.69, 9.17) is 11.6 Å². The van der Waals surface area contributed by atoms with Gasteiger partial charge in [0.15, 0.2) is 0 Å². The maximum Gasteiger partial charge on any atom is 0.0409 e. The summed E-state index contributed by atoms with van der Waals surface area (Å²) in [5.41, 5.74) is 1.26. The van der Waals surface area contributed by atoms with Gasteiger partial charge in [-0.2, -0.15) is 0 Å². The van der Waals surface area contributed by atoms with E-state index in [-0.39, 0.29) is 0 Å². The second-order valence-electron chi connectivity index (χ2n) is 4.87. The molecule has 1 rings (SSSR count). The van der Waals surface area contributed by atoms with Crippen molar-refractivity contribution in [2.75, 3.05) is 0 Å². The van der Waals surface area contributed by atoms with Crippen LogP contribution in [-0.4, -0.2) is 6.04 Å². The van der Waals surface area contributed by atoms with Crippen LogP contribution in [0.25, 0.3) is 0 Å². The summed E-state index contributed by atoms with van der Waals surface area (Å²) in [5.74, 6) is 0.798. The number of nitrogens with one attached hydrogen (secondary N) is 1. The van der Waals surface area contributed by atoms with Crippen molar-refractivity contribution >= 4 is 11.6 Å². The van der Waals surface area contributed by atoms with E-state index in [1.807, 2.05) is 18.2 Å². The average molecular weight is 254 g/mol. The molecule has 0 spiro atoms. The maximum absolute atomic E-state index is 5.97. The van der Waals surface area contributed by atoms with Crippen LogP contribution in [0.2, 0.25) is 5.02 Å². The van der Waals surface area contributed by atoms with Gasteiger partial charge in [0.05, 0.1) is 0 Å². The van der Waals surface area contributed by atoms with E-state index in [1.54, 1.807) is 0 Å². The van der Waals surface area contributed by atoms with E-state index in [9.17, 15) is 0 Å². The lowest BCUT2D eigenvalue weighted by Gasteiger charge is -2.20. The zero-order chi connectivity index (χ0) is 12.7. The number of hydrogen-bond donors (Lipinski definition) is 1. The highest BCUT2D eigenvalue weighted by molar-refractivity contribution is 6.30.